The van der Waals surface area contributed by atoms with E-state index in [2.05, 4.69) is 11.9 Å². The minimum Gasteiger partial charge on any atom is -0.392 e. The maximum absolute atomic E-state index is 8.98. The number of unbranched alkanes of at least 4 members (excludes halogenated alkanes) is 1. The summed E-state index contributed by atoms with van der Waals surface area (Å²) in [6, 6.07) is 3.79. The summed E-state index contributed by atoms with van der Waals surface area (Å²) >= 11 is 0. The van der Waals surface area contributed by atoms with Crippen LogP contribution in [0.15, 0.2) is 18.3 Å². The highest BCUT2D eigenvalue weighted by molar-refractivity contribution is 5.18. The predicted molar refractivity (Wildman–Crippen MR) is 48.8 cm³/mol. The van der Waals surface area contributed by atoms with Gasteiger partial charge in [0.1, 0.15) is 0 Å². The zero-order chi connectivity index (χ0) is 8.81. The molecule has 0 atom stereocenters. The lowest BCUT2D eigenvalue weighted by Gasteiger charge is -2.03. The Hall–Kier alpha value is -0.890. The third-order valence-electron chi connectivity index (χ3n) is 1.92. The number of aliphatic hydroxyl groups excluding tert-OH is 1. The van der Waals surface area contributed by atoms with E-state index in [1.807, 2.05) is 12.1 Å². The van der Waals surface area contributed by atoms with Gasteiger partial charge in [0, 0.05) is 11.9 Å². The first-order valence-electron chi connectivity index (χ1n) is 4.42. The molecule has 0 radical (unpaired) electrons. The van der Waals surface area contributed by atoms with Crippen molar-refractivity contribution in [3.05, 3.63) is 29.6 Å². The third kappa shape index (κ3) is 2.31. The highest BCUT2D eigenvalue weighted by atomic mass is 16.3. The molecular formula is C10H15NO. The normalized spacial score (nSPS) is 10.2. The van der Waals surface area contributed by atoms with Crippen molar-refractivity contribution in [3.8, 4) is 0 Å². The van der Waals surface area contributed by atoms with Gasteiger partial charge in [-0.1, -0.05) is 19.4 Å². The Morgan fingerprint density at radius 1 is 1.50 bits per heavy atom. The van der Waals surface area contributed by atoms with Gasteiger partial charge < -0.3 is 5.11 Å². The van der Waals surface area contributed by atoms with Crippen LogP contribution in [-0.4, -0.2) is 10.1 Å². The Morgan fingerprint density at radius 3 is 3.00 bits per heavy atom. The fraction of sp³-hybridized carbons (Fsp3) is 0.500. The molecule has 0 aliphatic heterocycles. The zero-order valence-corrected chi connectivity index (χ0v) is 7.45. The summed E-state index contributed by atoms with van der Waals surface area (Å²) in [6.07, 6.45) is 5.07. The Morgan fingerprint density at radius 2 is 2.33 bits per heavy atom. The van der Waals surface area contributed by atoms with Crippen LogP contribution < -0.4 is 0 Å². The average Bonchev–Trinajstić information content (AvgIpc) is 2.15. The SMILES string of the molecule is CCCCc1ncccc1CO. The lowest BCUT2D eigenvalue weighted by atomic mass is 10.1. The van der Waals surface area contributed by atoms with Gasteiger partial charge in [0.05, 0.1) is 6.61 Å². The first-order valence-corrected chi connectivity index (χ1v) is 4.42. The summed E-state index contributed by atoms with van der Waals surface area (Å²) < 4.78 is 0. The Bertz CT molecular complexity index is 235. The summed E-state index contributed by atoms with van der Waals surface area (Å²) in [5.41, 5.74) is 2.01. The van der Waals surface area contributed by atoms with E-state index < -0.39 is 0 Å². The lowest BCUT2D eigenvalue weighted by molar-refractivity contribution is 0.280. The summed E-state index contributed by atoms with van der Waals surface area (Å²) in [4.78, 5) is 4.23. The third-order valence-corrected chi connectivity index (χ3v) is 1.92. The maximum atomic E-state index is 8.98. The van der Waals surface area contributed by atoms with Gasteiger partial charge in [-0.3, -0.25) is 4.98 Å². The number of hydrogen-bond acceptors (Lipinski definition) is 2. The van der Waals surface area contributed by atoms with Crippen molar-refractivity contribution < 1.29 is 5.11 Å². The second-order valence-corrected chi connectivity index (χ2v) is 2.87. The van der Waals surface area contributed by atoms with Crippen molar-refractivity contribution in [2.45, 2.75) is 32.8 Å². The van der Waals surface area contributed by atoms with Crippen LogP contribution in [0.2, 0.25) is 0 Å². The molecule has 66 valence electrons. The van der Waals surface area contributed by atoms with Crippen molar-refractivity contribution in [3.63, 3.8) is 0 Å². The molecule has 1 aromatic rings. The molecule has 1 N–H and O–H groups in total. The Labute approximate surface area is 73.3 Å². The molecular weight excluding hydrogens is 150 g/mol. The molecule has 0 aromatic carbocycles. The fourth-order valence-corrected chi connectivity index (χ4v) is 1.18. The van der Waals surface area contributed by atoms with Crippen LogP contribution in [0.5, 0.6) is 0 Å². The molecule has 0 amide bonds. The van der Waals surface area contributed by atoms with Crippen LogP contribution in [-0.2, 0) is 13.0 Å². The van der Waals surface area contributed by atoms with E-state index in [0.29, 0.717) is 0 Å². The average molecular weight is 165 g/mol. The van der Waals surface area contributed by atoms with Crippen LogP contribution >= 0.6 is 0 Å². The van der Waals surface area contributed by atoms with Gasteiger partial charge in [-0.15, -0.1) is 0 Å². The van der Waals surface area contributed by atoms with Gasteiger partial charge in [-0.2, -0.15) is 0 Å². The molecule has 2 nitrogen and oxygen atoms in total. The number of rotatable bonds is 4. The van der Waals surface area contributed by atoms with Gasteiger partial charge in [0.15, 0.2) is 0 Å². The predicted octanol–water partition coefficient (Wildman–Crippen LogP) is 1.92. The number of aliphatic hydroxyl groups is 1. The molecule has 0 saturated heterocycles. The Kier molecular flexibility index (Phi) is 3.74. The lowest BCUT2D eigenvalue weighted by Crippen LogP contribution is -1.96. The van der Waals surface area contributed by atoms with E-state index in [1.165, 1.54) is 6.42 Å². The van der Waals surface area contributed by atoms with Crippen LogP contribution in [0.1, 0.15) is 31.0 Å². The quantitative estimate of drug-likeness (QED) is 0.739. The molecule has 0 saturated carbocycles. The number of aryl methyl sites for hydroxylation is 1. The maximum Gasteiger partial charge on any atom is 0.0699 e. The van der Waals surface area contributed by atoms with Crippen molar-refractivity contribution >= 4 is 0 Å². The van der Waals surface area contributed by atoms with Crippen LogP contribution in [0.25, 0.3) is 0 Å². The number of aromatic nitrogens is 1. The largest absolute Gasteiger partial charge is 0.392 e. The Balaban J connectivity index is 2.68. The zero-order valence-electron chi connectivity index (χ0n) is 7.45. The van der Waals surface area contributed by atoms with Gasteiger partial charge in [-0.05, 0) is 24.5 Å². The van der Waals surface area contributed by atoms with Gasteiger partial charge in [-0.25, -0.2) is 0 Å². The van der Waals surface area contributed by atoms with Crippen LogP contribution in [0, 0.1) is 0 Å². The van der Waals surface area contributed by atoms with E-state index in [1.54, 1.807) is 6.20 Å². The molecule has 12 heavy (non-hydrogen) atoms. The minimum absolute atomic E-state index is 0.104. The van der Waals surface area contributed by atoms with Gasteiger partial charge >= 0.3 is 0 Å². The summed E-state index contributed by atoms with van der Waals surface area (Å²) in [6.45, 7) is 2.26. The van der Waals surface area contributed by atoms with Gasteiger partial charge in [0.2, 0.25) is 0 Å². The summed E-state index contributed by atoms with van der Waals surface area (Å²) in [5, 5.41) is 8.98. The topological polar surface area (TPSA) is 33.1 Å². The van der Waals surface area contributed by atoms with E-state index in [0.717, 1.165) is 24.1 Å². The first kappa shape index (κ1) is 9.20. The van der Waals surface area contributed by atoms with E-state index in [-0.39, 0.29) is 6.61 Å². The van der Waals surface area contributed by atoms with Crippen LogP contribution in [0.4, 0.5) is 0 Å². The van der Waals surface area contributed by atoms with Crippen LogP contribution in [0.3, 0.4) is 0 Å². The molecule has 0 aliphatic carbocycles. The highest BCUT2D eigenvalue weighted by Crippen LogP contribution is 2.08. The van der Waals surface area contributed by atoms with E-state index in [4.69, 9.17) is 5.11 Å². The molecule has 0 aliphatic rings. The molecule has 0 spiro atoms. The molecule has 0 unspecified atom stereocenters. The number of nitrogens with zero attached hydrogens (tertiary/aromatic N) is 1. The fourth-order valence-electron chi connectivity index (χ4n) is 1.18. The van der Waals surface area contributed by atoms with Gasteiger partial charge in [0.25, 0.3) is 0 Å². The van der Waals surface area contributed by atoms with E-state index >= 15 is 0 Å². The summed E-state index contributed by atoms with van der Waals surface area (Å²) in [7, 11) is 0. The standard InChI is InChI=1S/C10H15NO/c1-2-3-6-10-9(8-12)5-4-7-11-10/h4-5,7,12H,2-3,6,8H2,1H3. The first-order chi connectivity index (χ1) is 5.88. The second-order valence-electron chi connectivity index (χ2n) is 2.87. The van der Waals surface area contributed by atoms with Crippen molar-refractivity contribution in [1.29, 1.82) is 0 Å². The van der Waals surface area contributed by atoms with Crippen molar-refractivity contribution in [2.24, 2.45) is 0 Å². The number of pyridine rings is 1. The molecule has 1 heterocycles. The molecule has 0 bridgehead atoms. The monoisotopic (exact) mass is 165 g/mol. The smallest absolute Gasteiger partial charge is 0.0699 e. The number of hydrogen-bond donors (Lipinski definition) is 1. The van der Waals surface area contributed by atoms with Crippen molar-refractivity contribution in [2.75, 3.05) is 0 Å². The molecule has 1 aromatic heterocycles. The second kappa shape index (κ2) is 4.88. The molecule has 2 heteroatoms. The summed E-state index contributed by atoms with van der Waals surface area (Å²) in [5.74, 6) is 0. The molecule has 1 rings (SSSR count). The molecule has 0 fully saturated rings. The highest BCUT2D eigenvalue weighted by Gasteiger charge is 1.99. The van der Waals surface area contributed by atoms with Crippen molar-refractivity contribution in [1.82, 2.24) is 4.98 Å². The van der Waals surface area contributed by atoms with E-state index in [9.17, 15) is 0 Å². The minimum atomic E-state index is 0.104.